The number of fused-ring (bicyclic) bond motifs is 1. The van der Waals surface area contributed by atoms with Crippen LogP contribution in [0.15, 0.2) is 30.7 Å². The summed E-state index contributed by atoms with van der Waals surface area (Å²) in [5.74, 6) is 0.341. The second kappa shape index (κ2) is 7.60. The fourth-order valence-corrected chi connectivity index (χ4v) is 5.00. The topological polar surface area (TPSA) is 99.2 Å². The molecule has 1 saturated carbocycles. The minimum absolute atomic E-state index is 0.0358. The van der Waals surface area contributed by atoms with Crippen LogP contribution in [0.25, 0.3) is 11.0 Å². The van der Waals surface area contributed by atoms with E-state index in [2.05, 4.69) is 19.5 Å². The van der Waals surface area contributed by atoms with Crippen molar-refractivity contribution in [2.75, 3.05) is 17.2 Å². The Morgan fingerprint density at radius 1 is 1.30 bits per heavy atom. The Labute approximate surface area is 187 Å². The molecule has 2 aliphatic rings. The Kier molecular flexibility index (Phi) is 4.95. The lowest BCUT2D eigenvalue weighted by atomic mass is 9.78. The molecular formula is C22H23F3N6O2. The van der Waals surface area contributed by atoms with Crippen LogP contribution in [0.3, 0.4) is 0 Å². The number of anilines is 2. The Morgan fingerprint density at radius 3 is 2.88 bits per heavy atom. The molecule has 1 aliphatic heterocycles. The molecule has 174 valence electrons. The first-order valence-corrected chi connectivity index (χ1v) is 10.8. The van der Waals surface area contributed by atoms with Gasteiger partial charge in [0, 0.05) is 12.2 Å². The number of aryl methyl sites for hydroxylation is 1. The average Bonchev–Trinajstić information content (AvgIpc) is 3.27. The van der Waals surface area contributed by atoms with Gasteiger partial charge in [-0.25, -0.2) is 19.7 Å². The standard InChI is InChI=1S/C22H23F3N6O2/c1-13-19(27-9-18(29-13)22(23,24)25)31-11-21(33-20(31)32)6-2-3-14(8-21)10-30-12-28-16-5-4-15(26)7-17(16)30/h4-5,7,9,12,14H,2-3,6,8,10-11,26H2,1H3/t14-,21-/m0/s1. The van der Waals surface area contributed by atoms with E-state index in [1.54, 1.807) is 6.33 Å². The molecule has 2 atom stereocenters. The van der Waals surface area contributed by atoms with E-state index < -0.39 is 23.6 Å². The summed E-state index contributed by atoms with van der Waals surface area (Å²) in [6, 6.07) is 5.59. The summed E-state index contributed by atoms with van der Waals surface area (Å²) >= 11 is 0. The van der Waals surface area contributed by atoms with Gasteiger partial charge in [-0.2, -0.15) is 13.2 Å². The van der Waals surface area contributed by atoms with E-state index in [1.807, 2.05) is 18.2 Å². The number of halogens is 3. The molecule has 0 unspecified atom stereocenters. The molecule has 3 aromatic rings. The number of imidazole rings is 1. The number of ether oxygens (including phenoxy) is 1. The molecule has 5 rings (SSSR count). The zero-order valence-electron chi connectivity index (χ0n) is 18.0. The highest BCUT2D eigenvalue weighted by Gasteiger charge is 2.49. The first kappa shape index (κ1) is 21.5. The van der Waals surface area contributed by atoms with Crippen molar-refractivity contribution in [3.8, 4) is 0 Å². The van der Waals surface area contributed by atoms with Crippen molar-refractivity contribution < 1.29 is 22.7 Å². The van der Waals surface area contributed by atoms with Gasteiger partial charge in [-0.1, -0.05) is 0 Å². The van der Waals surface area contributed by atoms with E-state index in [-0.39, 0.29) is 24.0 Å². The molecule has 1 amide bonds. The van der Waals surface area contributed by atoms with Crippen LogP contribution in [0.5, 0.6) is 0 Å². The van der Waals surface area contributed by atoms with E-state index in [9.17, 15) is 18.0 Å². The zero-order valence-corrected chi connectivity index (χ0v) is 18.0. The lowest BCUT2D eigenvalue weighted by Crippen LogP contribution is -2.40. The Balaban J connectivity index is 1.34. The number of nitrogen functional groups attached to an aromatic ring is 1. The molecule has 1 saturated heterocycles. The Bertz CT molecular complexity index is 1230. The number of rotatable bonds is 3. The Hall–Kier alpha value is -3.37. The van der Waals surface area contributed by atoms with E-state index in [4.69, 9.17) is 10.5 Å². The predicted molar refractivity (Wildman–Crippen MR) is 114 cm³/mol. The number of nitrogens with two attached hydrogens (primary N) is 1. The number of benzene rings is 1. The largest absolute Gasteiger partial charge is 0.441 e. The summed E-state index contributed by atoms with van der Waals surface area (Å²) in [5, 5.41) is 0. The summed E-state index contributed by atoms with van der Waals surface area (Å²) < 4.78 is 46.7. The molecule has 2 fully saturated rings. The monoisotopic (exact) mass is 460 g/mol. The highest BCUT2D eigenvalue weighted by Crippen LogP contribution is 2.42. The third-order valence-electron chi connectivity index (χ3n) is 6.44. The zero-order chi connectivity index (χ0) is 23.4. The molecule has 0 radical (unpaired) electrons. The van der Waals surface area contributed by atoms with Crippen LogP contribution >= 0.6 is 0 Å². The molecule has 3 heterocycles. The van der Waals surface area contributed by atoms with Gasteiger partial charge in [0.1, 0.15) is 5.60 Å². The van der Waals surface area contributed by atoms with Gasteiger partial charge in [0.25, 0.3) is 0 Å². The minimum atomic E-state index is -4.60. The summed E-state index contributed by atoms with van der Waals surface area (Å²) in [6.07, 6.45) is 0.426. The van der Waals surface area contributed by atoms with Crippen molar-refractivity contribution >= 4 is 28.6 Å². The normalized spacial score (nSPS) is 23.5. The van der Waals surface area contributed by atoms with Gasteiger partial charge in [0.05, 0.1) is 35.8 Å². The molecular weight excluding hydrogens is 437 g/mol. The number of carbonyl (C=O) groups excluding carboxylic acids is 1. The number of hydrogen-bond acceptors (Lipinski definition) is 6. The summed E-state index contributed by atoms with van der Waals surface area (Å²) in [7, 11) is 0. The lowest BCUT2D eigenvalue weighted by Gasteiger charge is -2.36. The number of aromatic nitrogens is 4. The van der Waals surface area contributed by atoms with E-state index in [1.165, 1.54) is 11.8 Å². The molecule has 2 aromatic heterocycles. The summed E-state index contributed by atoms with van der Waals surface area (Å²) in [5.41, 5.74) is 6.66. The van der Waals surface area contributed by atoms with Gasteiger partial charge >= 0.3 is 12.3 Å². The van der Waals surface area contributed by atoms with Crippen molar-refractivity contribution in [3.63, 3.8) is 0 Å². The Morgan fingerprint density at radius 2 is 2.12 bits per heavy atom. The van der Waals surface area contributed by atoms with E-state index >= 15 is 0 Å². The van der Waals surface area contributed by atoms with Crippen molar-refractivity contribution in [3.05, 3.63) is 42.1 Å². The molecule has 1 aliphatic carbocycles. The maximum absolute atomic E-state index is 12.9. The number of hydrogen-bond donors (Lipinski definition) is 1. The maximum Gasteiger partial charge on any atom is 0.434 e. The number of amides is 1. The SMILES string of the molecule is Cc1nc(C(F)(F)F)cnc1N1C[C@@]2(CCC[C@H](Cn3cnc4ccc(N)cc43)C2)OC1=O. The fraction of sp³-hybridized carbons (Fsp3) is 0.455. The quantitative estimate of drug-likeness (QED) is 0.585. The van der Waals surface area contributed by atoms with Crippen LogP contribution in [-0.2, 0) is 17.5 Å². The van der Waals surface area contributed by atoms with Crippen molar-refractivity contribution in [2.24, 2.45) is 5.92 Å². The molecule has 2 N–H and O–H groups in total. The fourth-order valence-electron chi connectivity index (χ4n) is 5.00. The first-order valence-electron chi connectivity index (χ1n) is 10.8. The van der Waals surface area contributed by atoms with E-state index in [0.717, 1.165) is 23.9 Å². The van der Waals surface area contributed by atoms with Crippen LogP contribution in [0.1, 0.15) is 37.1 Å². The number of alkyl halides is 3. The molecule has 8 nitrogen and oxygen atoms in total. The van der Waals surface area contributed by atoms with Gasteiger partial charge in [-0.15, -0.1) is 0 Å². The van der Waals surface area contributed by atoms with Gasteiger partial charge in [0.15, 0.2) is 11.5 Å². The maximum atomic E-state index is 12.9. The van der Waals surface area contributed by atoms with Gasteiger partial charge in [-0.3, -0.25) is 4.90 Å². The number of nitrogens with zero attached hydrogens (tertiary/aromatic N) is 5. The van der Waals surface area contributed by atoms with Gasteiger partial charge < -0.3 is 15.0 Å². The van der Waals surface area contributed by atoms with Crippen LogP contribution in [0.2, 0.25) is 0 Å². The first-order chi connectivity index (χ1) is 15.6. The van der Waals surface area contributed by atoms with Crippen LogP contribution in [0.4, 0.5) is 29.5 Å². The minimum Gasteiger partial charge on any atom is -0.441 e. The van der Waals surface area contributed by atoms with Crippen molar-refractivity contribution in [1.82, 2.24) is 19.5 Å². The molecule has 11 heteroatoms. The molecule has 1 aromatic carbocycles. The third-order valence-corrected chi connectivity index (χ3v) is 6.44. The van der Waals surface area contributed by atoms with Crippen molar-refractivity contribution in [1.29, 1.82) is 0 Å². The van der Waals surface area contributed by atoms with Crippen LogP contribution in [0, 0.1) is 12.8 Å². The highest BCUT2D eigenvalue weighted by molar-refractivity contribution is 5.89. The van der Waals surface area contributed by atoms with Crippen molar-refractivity contribution in [2.45, 2.75) is 50.9 Å². The second-order valence-electron chi connectivity index (χ2n) is 8.91. The third kappa shape index (κ3) is 3.96. The second-order valence-corrected chi connectivity index (χ2v) is 8.91. The molecule has 33 heavy (non-hydrogen) atoms. The highest BCUT2D eigenvalue weighted by atomic mass is 19.4. The average molecular weight is 460 g/mol. The molecule has 0 bridgehead atoms. The lowest BCUT2D eigenvalue weighted by molar-refractivity contribution is -0.141. The van der Waals surface area contributed by atoms with Crippen LogP contribution in [-0.4, -0.2) is 37.8 Å². The van der Waals surface area contributed by atoms with Crippen LogP contribution < -0.4 is 10.6 Å². The summed E-state index contributed by atoms with van der Waals surface area (Å²) in [6.45, 7) is 2.36. The van der Waals surface area contributed by atoms with E-state index in [0.29, 0.717) is 31.3 Å². The predicted octanol–water partition coefficient (Wildman–Crippen LogP) is 4.32. The van der Waals surface area contributed by atoms with Gasteiger partial charge in [-0.05, 0) is 56.7 Å². The summed E-state index contributed by atoms with van der Waals surface area (Å²) in [4.78, 5) is 25.9. The number of carbonyl (C=O) groups is 1. The smallest absolute Gasteiger partial charge is 0.434 e. The van der Waals surface area contributed by atoms with Gasteiger partial charge in [0.2, 0.25) is 0 Å². The molecule has 1 spiro atoms.